The van der Waals surface area contributed by atoms with Gasteiger partial charge in [0.05, 0.1) is 0 Å². The third kappa shape index (κ3) is 3.26. The van der Waals surface area contributed by atoms with Gasteiger partial charge in [-0.25, -0.2) is 0 Å². The van der Waals surface area contributed by atoms with Crippen LogP contribution in [0.15, 0.2) is 30.3 Å². The van der Waals surface area contributed by atoms with Gasteiger partial charge in [-0.3, -0.25) is 4.79 Å². The molecule has 2 fully saturated rings. The van der Waals surface area contributed by atoms with E-state index in [1.165, 1.54) is 32.1 Å². The molecule has 1 saturated carbocycles. The van der Waals surface area contributed by atoms with Crippen molar-refractivity contribution in [3.63, 3.8) is 0 Å². The zero-order chi connectivity index (χ0) is 14.7. The van der Waals surface area contributed by atoms with Gasteiger partial charge < -0.3 is 4.90 Å². The molecular weight excluding hydrogens is 282 g/mol. The van der Waals surface area contributed by atoms with Gasteiger partial charge in [0, 0.05) is 12.6 Å². The lowest BCUT2D eigenvalue weighted by Crippen LogP contribution is -2.42. The van der Waals surface area contributed by atoms with Gasteiger partial charge in [0.1, 0.15) is 5.38 Å². The van der Waals surface area contributed by atoms with E-state index in [1.807, 2.05) is 30.3 Å². The predicted octanol–water partition coefficient (Wildman–Crippen LogP) is 4.54. The first-order valence-electron chi connectivity index (χ1n) is 8.27. The lowest BCUT2D eigenvalue weighted by molar-refractivity contribution is -0.132. The molecule has 0 radical (unpaired) electrons. The lowest BCUT2D eigenvalue weighted by Gasteiger charge is -2.35. The Hall–Kier alpha value is -1.02. The maximum absolute atomic E-state index is 12.8. The molecule has 114 valence electrons. The Labute approximate surface area is 132 Å². The van der Waals surface area contributed by atoms with Crippen molar-refractivity contribution < 1.29 is 4.79 Å². The van der Waals surface area contributed by atoms with E-state index in [4.69, 9.17) is 11.6 Å². The third-order valence-corrected chi connectivity index (χ3v) is 5.52. The highest BCUT2D eigenvalue weighted by Crippen LogP contribution is 2.36. The molecule has 1 heterocycles. The molecule has 2 atom stereocenters. The van der Waals surface area contributed by atoms with Crippen LogP contribution in [0.3, 0.4) is 0 Å². The van der Waals surface area contributed by atoms with E-state index < -0.39 is 5.38 Å². The summed E-state index contributed by atoms with van der Waals surface area (Å²) in [5, 5.41) is -0.532. The number of amides is 1. The molecule has 1 aliphatic carbocycles. The maximum Gasteiger partial charge on any atom is 0.245 e. The van der Waals surface area contributed by atoms with Crippen LogP contribution in [0.4, 0.5) is 0 Å². The Bertz CT molecular complexity index is 469. The zero-order valence-electron chi connectivity index (χ0n) is 12.5. The molecule has 1 amide bonds. The van der Waals surface area contributed by atoms with Gasteiger partial charge in [-0.15, -0.1) is 11.6 Å². The lowest BCUT2D eigenvalue weighted by atomic mass is 9.83. The van der Waals surface area contributed by atoms with Gasteiger partial charge in [-0.1, -0.05) is 49.6 Å². The Morgan fingerprint density at radius 3 is 2.48 bits per heavy atom. The van der Waals surface area contributed by atoms with Gasteiger partial charge in [-0.2, -0.15) is 0 Å². The molecular formula is C18H24ClNO. The second-order valence-electron chi connectivity index (χ2n) is 6.41. The highest BCUT2D eigenvalue weighted by Gasteiger charge is 2.37. The van der Waals surface area contributed by atoms with Crippen LogP contribution in [0.1, 0.15) is 55.9 Å². The van der Waals surface area contributed by atoms with E-state index in [0.29, 0.717) is 12.0 Å². The fourth-order valence-electron chi connectivity index (χ4n) is 3.99. The van der Waals surface area contributed by atoms with E-state index in [9.17, 15) is 4.79 Å². The van der Waals surface area contributed by atoms with Crippen molar-refractivity contribution in [2.24, 2.45) is 5.92 Å². The summed E-state index contributed by atoms with van der Waals surface area (Å²) in [6.07, 6.45) is 8.87. The van der Waals surface area contributed by atoms with Crippen molar-refractivity contribution in [1.29, 1.82) is 0 Å². The number of rotatable bonds is 3. The van der Waals surface area contributed by atoms with Gasteiger partial charge in [-0.05, 0) is 37.2 Å². The summed E-state index contributed by atoms with van der Waals surface area (Å²) in [4.78, 5) is 14.9. The van der Waals surface area contributed by atoms with E-state index in [2.05, 4.69) is 4.90 Å². The Kier molecular flexibility index (Phi) is 4.84. The summed E-state index contributed by atoms with van der Waals surface area (Å²) >= 11 is 6.45. The molecule has 1 aromatic rings. The van der Waals surface area contributed by atoms with Crippen molar-refractivity contribution >= 4 is 17.5 Å². The molecule has 2 unspecified atom stereocenters. The minimum Gasteiger partial charge on any atom is -0.338 e. The minimum atomic E-state index is -0.532. The van der Waals surface area contributed by atoms with E-state index in [-0.39, 0.29) is 5.91 Å². The molecule has 2 nitrogen and oxygen atoms in total. The summed E-state index contributed by atoms with van der Waals surface area (Å²) in [5.41, 5.74) is 0.915. The molecule has 0 N–H and O–H groups in total. The first kappa shape index (κ1) is 14.9. The second kappa shape index (κ2) is 6.83. The summed E-state index contributed by atoms with van der Waals surface area (Å²) in [7, 11) is 0. The van der Waals surface area contributed by atoms with E-state index in [1.54, 1.807) is 0 Å². The van der Waals surface area contributed by atoms with E-state index >= 15 is 0 Å². The van der Waals surface area contributed by atoms with Gasteiger partial charge in [0.25, 0.3) is 0 Å². The number of nitrogens with zero attached hydrogens (tertiary/aromatic N) is 1. The van der Waals surface area contributed by atoms with Gasteiger partial charge in [0.15, 0.2) is 0 Å². The van der Waals surface area contributed by atoms with Gasteiger partial charge in [0.2, 0.25) is 5.91 Å². The molecule has 3 heteroatoms. The smallest absolute Gasteiger partial charge is 0.245 e. The molecule has 0 aromatic heterocycles. The monoisotopic (exact) mass is 305 g/mol. The normalized spacial score (nSPS) is 25.0. The molecule has 0 spiro atoms. The maximum atomic E-state index is 12.8. The van der Waals surface area contributed by atoms with Crippen LogP contribution in [0.2, 0.25) is 0 Å². The molecule has 21 heavy (non-hydrogen) atoms. The number of benzene rings is 1. The average molecular weight is 306 g/mol. The molecule has 1 aromatic carbocycles. The van der Waals surface area contributed by atoms with Crippen molar-refractivity contribution in [2.45, 2.75) is 56.4 Å². The van der Waals surface area contributed by atoms with Crippen LogP contribution >= 0.6 is 11.6 Å². The fourth-order valence-corrected chi connectivity index (χ4v) is 4.26. The number of carbonyl (C=O) groups excluding carboxylic acids is 1. The SMILES string of the molecule is O=C(C(Cl)c1ccccc1)N1CCCC1C1CCCCC1. The standard InChI is InChI=1S/C18H24ClNO/c19-17(15-10-5-2-6-11-15)18(21)20-13-7-12-16(20)14-8-3-1-4-9-14/h2,5-6,10-11,14,16-17H,1,3-4,7-9,12-13H2. The Morgan fingerprint density at radius 1 is 1.05 bits per heavy atom. The highest BCUT2D eigenvalue weighted by atomic mass is 35.5. The van der Waals surface area contributed by atoms with Crippen LogP contribution in [-0.4, -0.2) is 23.4 Å². The number of hydrogen-bond acceptors (Lipinski definition) is 1. The number of likely N-dealkylation sites (tertiary alicyclic amines) is 1. The quantitative estimate of drug-likeness (QED) is 0.751. The number of carbonyl (C=O) groups is 1. The molecule has 2 aliphatic rings. The van der Waals surface area contributed by atoms with Crippen LogP contribution in [0, 0.1) is 5.92 Å². The zero-order valence-corrected chi connectivity index (χ0v) is 13.3. The molecule has 1 saturated heterocycles. The van der Waals surface area contributed by atoms with Crippen LogP contribution in [0.5, 0.6) is 0 Å². The second-order valence-corrected chi connectivity index (χ2v) is 6.85. The molecule has 1 aliphatic heterocycles. The Morgan fingerprint density at radius 2 is 1.76 bits per heavy atom. The highest BCUT2D eigenvalue weighted by molar-refractivity contribution is 6.30. The van der Waals surface area contributed by atoms with Crippen LogP contribution in [0.25, 0.3) is 0 Å². The number of halogens is 1. The first-order chi connectivity index (χ1) is 10.3. The topological polar surface area (TPSA) is 20.3 Å². The third-order valence-electron chi connectivity index (χ3n) is 5.09. The van der Waals surface area contributed by atoms with Gasteiger partial charge >= 0.3 is 0 Å². The molecule has 0 bridgehead atoms. The number of hydrogen-bond donors (Lipinski definition) is 0. The molecule has 3 rings (SSSR count). The number of alkyl halides is 1. The average Bonchev–Trinajstić information content (AvgIpc) is 3.04. The van der Waals surface area contributed by atoms with Crippen molar-refractivity contribution in [1.82, 2.24) is 4.90 Å². The Balaban J connectivity index is 1.70. The first-order valence-corrected chi connectivity index (χ1v) is 8.70. The van der Waals surface area contributed by atoms with Crippen LogP contribution < -0.4 is 0 Å². The summed E-state index contributed by atoms with van der Waals surface area (Å²) in [5.74, 6) is 0.806. The predicted molar refractivity (Wildman–Crippen MR) is 86.3 cm³/mol. The summed E-state index contributed by atoms with van der Waals surface area (Å²) in [6, 6.07) is 10.2. The van der Waals surface area contributed by atoms with Crippen molar-refractivity contribution in [3.05, 3.63) is 35.9 Å². The summed E-state index contributed by atoms with van der Waals surface area (Å²) < 4.78 is 0. The fraction of sp³-hybridized carbons (Fsp3) is 0.611. The van der Waals surface area contributed by atoms with Crippen LogP contribution in [-0.2, 0) is 4.79 Å². The van der Waals surface area contributed by atoms with Crippen molar-refractivity contribution in [3.8, 4) is 0 Å². The summed E-state index contributed by atoms with van der Waals surface area (Å²) in [6.45, 7) is 0.885. The van der Waals surface area contributed by atoms with Crippen molar-refractivity contribution in [2.75, 3.05) is 6.54 Å². The minimum absolute atomic E-state index is 0.107. The largest absolute Gasteiger partial charge is 0.338 e. The van der Waals surface area contributed by atoms with E-state index in [0.717, 1.165) is 24.9 Å².